The SMILES string of the molecule is COc1cc(C(=O)O)cc2cc(C3CC3)cnc12. The Kier molecular flexibility index (Phi) is 2.44. The van der Waals surface area contributed by atoms with E-state index < -0.39 is 5.97 Å². The quantitative estimate of drug-likeness (QED) is 0.900. The van der Waals surface area contributed by atoms with E-state index in [-0.39, 0.29) is 5.56 Å². The number of aromatic carboxylic acids is 1. The average molecular weight is 243 g/mol. The normalized spacial score (nSPS) is 14.7. The fourth-order valence-electron chi connectivity index (χ4n) is 2.15. The highest BCUT2D eigenvalue weighted by molar-refractivity contribution is 5.96. The number of carbonyl (C=O) groups is 1. The number of nitrogens with zero attached hydrogens (tertiary/aromatic N) is 1. The van der Waals surface area contributed by atoms with Crippen LogP contribution in [0, 0.1) is 0 Å². The van der Waals surface area contributed by atoms with Gasteiger partial charge in [-0.15, -0.1) is 0 Å². The number of hydrogen-bond acceptors (Lipinski definition) is 3. The summed E-state index contributed by atoms with van der Waals surface area (Å²) in [5, 5.41) is 9.91. The third-order valence-electron chi connectivity index (χ3n) is 3.28. The standard InChI is InChI=1S/C14H13NO3/c1-18-12-6-10(14(16)17)4-9-5-11(8-2-3-8)7-15-13(9)12/h4-8H,2-3H2,1H3,(H,16,17). The van der Waals surface area contributed by atoms with Gasteiger partial charge in [0.15, 0.2) is 0 Å². The van der Waals surface area contributed by atoms with Crippen LogP contribution in [0.1, 0.15) is 34.7 Å². The van der Waals surface area contributed by atoms with E-state index in [9.17, 15) is 4.79 Å². The molecule has 0 saturated heterocycles. The average Bonchev–Trinajstić information content (AvgIpc) is 3.20. The summed E-state index contributed by atoms with van der Waals surface area (Å²) in [6, 6.07) is 5.18. The fourth-order valence-corrected chi connectivity index (χ4v) is 2.15. The van der Waals surface area contributed by atoms with Crippen LogP contribution in [0.4, 0.5) is 0 Å². The minimum atomic E-state index is -0.952. The Morgan fingerprint density at radius 3 is 2.78 bits per heavy atom. The summed E-state index contributed by atoms with van der Waals surface area (Å²) in [7, 11) is 1.52. The lowest BCUT2D eigenvalue weighted by Crippen LogP contribution is -1.99. The first-order valence-corrected chi connectivity index (χ1v) is 5.90. The summed E-state index contributed by atoms with van der Waals surface area (Å²) in [6.07, 6.45) is 4.26. The van der Waals surface area contributed by atoms with Crippen LogP contribution in [0.2, 0.25) is 0 Å². The number of carboxylic acid groups (broad SMARTS) is 1. The molecule has 1 aromatic carbocycles. The second-order valence-electron chi connectivity index (χ2n) is 4.60. The van der Waals surface area contributed by atoms with Crippen molar-refractivity contribution in [3.8, 4) is 5.75 Å². The molecule has 4 nitrogen and oxygen atoms in total. The molecule has 1 aliphatic rings. The molecule has 1 heterocycles. The van der Waals surface area contributed by atoms with Crippen LogP contribution in [-0.2, 0) is 0 Å². The van der Waals surface area contributed by atoms with Crippen molar-refractivity contribution >= 4 is 16.9 Å². The van der Waals surface area contributed by atoms with E-state index in [0.717, 1.165) is 5.39 Å². The van der Waals surface area contributed by atoms with Crippen molar-refractivity contribution in [2.45, 2.75) is 18.8 Å². The molecule has 1 saturated carbocycles. The molecular weight excluding hydrogens is 230 g/mol. The number of rotatable bonds is 3. The molecule has 1 aromatic heterocycles. The van der Waals surface area contributed by atoms with Gasteiger partial charge in [-0.1, -0.05) is 0 Å². The molecule has 1 N–H and O–H groups in total. The van der Waals surface area contributed by atoms with E-state index in [0.29, 0.717) is 17.2 Å². The van der Waals surface area contributed by atoms with Crippen LogP contribution in [-0.4, -0.2) is 23.2 Å². The minimum absolute atomic E-state index is 0.231. The number of fused-ring (bicyclic) bond motifs is 1. The van der Waals surface area contributed by atoms with Crippen LogP contribution in [0.3, 0.4) is 0 Å². The zero-order valence-corrected chi connectivity index (χ0v) is 10.0. The molecule has 0 unspecified atom stereocenters. The molecule has 1 fully saturated rings. The second kappa shape index (κ2) is 3.98. The molecule has 1 aliphatic carbocycles. The highest BCUT2D eigenvalue weighted by atomic mass is 16.5. The van der Waals surface area contributed by atoms with Crippen LogP contribution in [0.25, 0.3) is 10.9 Å². The molecule has 0 bridgehead atoms. The molecule has 0 amide bonds. The molecule has 0 aliphatic heterocycles. The number of ether oxygens (including phenoxy) is 1. The molecule has 92 valence electrons. The predicted molar refractivity (Wildman–Crippen MR) is 67.2 cm³/mol. The van der Waals surface area contributed by atoms with Gasteiger partial charge in [-0.2, -0.15) is 0 Å². The summed E-state index contributed by atoms with van der Waals surface area (Å²) in [4.78, 5) is 15.5. The van der Waals surface area contributed by atoms with Gasteiger partial charge in [-0.25, -0.2) is 4.79 Å². The summed E-state index contributed by atoms with van der Waals surface area (Å²) in [5.74, 6) is 0.153. The van der Waals surface area contributed by atoms with Crippen molar-refractivity contribution in [3.63, 3.8) is 0 Å². The Labute approximate surface area is 104 Å². The van der Waals surface area contributed by atoms with Crippen LogP contribution in [0.5, 0.6) is 5.75 Å². The number of aromatic nitrogens is 1. The van der Waals surface area contributed by atoms with Gasteiger partial charge in [0.1, 0.15) is 11.3 Å². The van der Waals surface area contributed by atoms with Crippen molar-refractivity contribution in [2.24, 2.45) is 0 Å². The number of benzene rings is 1. The van der Waals surface area contributed by atoms with Crippen molar-refractivity contribution in [1.82, 2.24) is 4.98 Å². The van der Waals surface area contributed by atoms with E-state index in [4.69, 9.17) is 9.84 Å². The van der Waals surface area contributed by atoms with Gasteiger partial charge < -0.3 is 9.84 Å². The Balaban J connectivity index is 2.22. The monoisotopic (exact) mass is 243 g/mol. The van der Waals surface area contributed by atoms with Crippen molar-refractivity contribution < 1.29 is 14.6 Å². The molecule has 0 atom stereocenters. The molecule has 18 heavy (non-hydrogen) atoms. The maximum Gasteiger partial charge on any atom is 0.335 e. The first-order chi connectivity index (χ1) is 8.69. The third kappa shape index (κ3) is 1.79. The second-order valence-corrected chi connectivity index (χ2v) is 4.60. The first-order valence-electron chi connectivity index (χ1n) is 5.90. The summed E-state index contributed by atoms with van der Waals surface area (Å²) < 4.78 is 5.21. The van der Waals surface area contributed by atoms with Crippen LogP contribution < -0.4 is 4.74 Å². The number of hydrogen-bond donors (Lipinski definition) is 1. The van der Waals surface area contributed by atoms with Crippen LogP contribution in [0.15, 0.2) is 24.4 Å². The van der Waals surface area contributed by atoms with Crippen LogP contribution >= 0.6 is 0 Å². The zero-order valence-electron chi connectivity index (χ0n) is 10.0. The van der Waals surface area contributed by atoms with Gasteiger partial charge in [0.05, 0.1) is 12.7 Å². The minimum Gasteiger partial charge on any atom is -0.494 e. The predicted octanol–water partition coefficient (Wildman–Crippen LogP) is 2.82. The van der Waals surface area contributed by atoms with E-state index in [1.54, 1.807) is 6.07 Å². The lowest BCUT2D eigenvalue weighted by molar-refractivity contribution is 0.0696. The van der Waals surface area contributed by atoms with Crippen molar-refractivity contribution in [2.75, 3.05) is 7.11 Å². The Bertz CT molecular complexity index is 632. The number of carboxylic acids is 1. The van der Waals surface area contributed by atoms with Gasteiger partial charge in [0.2, 0.25) is 0 Å². The molecule has 0 radical (unpaired) electrons. The van der Waals surface area contributed by atoms with E-state index in [1.807, 2.05) is 12.3 Å². The Hall–Kier alpha value is -2.10. The summed E-state index contributed by atoms with van der Waals surface area (Å²) in [5.41, 5.74) is 2.13. The van der Waals surface area contributed by atoms with Gasteiger partial charge in [-0.3, -0.25) is 4.98 Å². The number of pyridine rings is 1. The van der Waals surface area contributed by atoms with Gasteiger partial charge in [0.25, 0.3) is 0 Å². The molecule has 2 aromatic rings. The molecular formula is C14H13NO3. The highest BCUT2D eigenvalue weighted by Gasteiger charge is 2.24. The van der Waals surface area contributed by atoms with E-state index >= 15 is 0 Å². The van der Waals surface area contributed by atoms with Gasteiger partial charge in [0, 0.05) is 11.6 Å². The summed E-state index contributed by atoms with van der Waals surface area (Å²) >= 11 is 0. The third-order valence-corrected chi connectivity index (χ3v) is 3.28. The molecule has 3 rings (SSSR count). The molecule has 4 heteroatoms. The Morgan fingerprint density at radius 1 is 1.39 bits per heavy atom. The van der Waals surface area contributed by atoms with E-state index in [2.05, 4.69) is 4.98 Å². The molecule has 0 spiro atoms. The maximum absolute atomic E-state index is 11.1. The van der Waals surface area contributed by atoms with Crippen molar-refractivity contribution in [3.05, 3.63) is 35.5 Å². The zero-order chi connectivity index (χ0) is 12.7. The fraction of sp³-hybridized carbons (Fsp3) is 0.286. The highest BCUT2D eigenvalue weighted by Crippen LogP contribution is 2.41. The smallest absolute Gasteiger partial charge is 0.335 e. The maximum atomic E-state index is 11.1. The number of methoxy groups -OCH3 is 1. The largest absolute Gasteiger partial charge is 0.494 e. The lowest BCUT2D eigenvalue weighted by Gasteiger charge is -2.08. The Morgan fingerprint density at radius 2 is 2.17 bits per heavy atom. The van der Waals surface area contributed by atoms with E-state index in [1.165, 1.54) is 31.6 Å². The summed E-state index contributed by atoms with van der Waals surface area (Å²) in [6.45, 7) is 0. The topological polar surface area (TPSA) is 59.4 Å². The first kappa shape index (κ1) is 11.0. The lowest BCUT2D eigenvalue weighted by atomic mass is 10.1. The van der Waals surface area contributed by atoms with Gasteiger partial charge >= 0.3 is 5.97 Å². The van der Waals surface area contributed by atoms with Crippen molar-refractivity contribution in [1.29, 1.82) is 0 Å². The van der Waals surface area contributed by atoms with Gasteiger partial charge in [-0.05, 0) is 42.5 Å².